The Hall–Kier alpha value is -2.76. The van der Waals surface area contributed by atoms with Gasteiger partial charge in [-0.2, -0.15) is 0 Å². The predicted molar refractivity (Wildman–Crippen MR) is 111 cm³/mol. The first-order chi connectivity index (χ1) is 13.9. The SMILES string of the molecule is CCCCCCOc1ccc(C2C(C(=O)OC)=C(C)NC(C)=C2C(=O)OC)cc1. The molecule has 1 aliphatic rings. The molecule has 1 aromatic carbocycles. The Morgan fingerprint density at radius 3 is 1.93 bits per heavy atom. The van der Waals surface area contributed by atoms with Gasteiger partial charge in [0.25, 0.3) is 0 Å². The largest absolute Gasteiger partial charge is 0.494 e. The summed E-state index contributed by atoms with van der Waals surface area (Å²) in [5, 5.41) is 3.10. The Kier molecular flexibility index (Phi) is 8.31. The summed E-state index contributed by atoms with van der Waals surface area (Å²) in [6.07, 6.45) is 4.58. The van der Waals surface area contributed by atoms with E-state index >= 15 is 0 Å². The second-order valence-corrected chi connectivity index (χ2v) is 7.10. The number of methoxy groups -OCH3 is 2. The van der Waals surface area contributed by atoms with Crippen molar-refractivity contribution < 1.29 is 23.8 Å². The normalized spacial score (nSPS) is 14.5. The highest BCUT2D eigenvalue weighted by Crippen LogP contribution is 2.39. The number of carbonyl (C=O) groups is 2. The quantitative estimate of drug-likeness (QED) is 0.493. The van der Waals surface area contributed by atoms with Crippen LogP contribution in [0, 0.1) is 0 Å². The lowest BCUT2D eigenvalue weighted by atomic mass is 9.80. The Bertz CT molecular complexity index is 754. The van der Waals surface area contributed by atoms with Crippen LogP contribution in [-0.4, -0.2) is 32.8 Å². The van der Waals surface area contributed by atoms with Crippen LogP contribution in [0.1, 0.15) is 57.9 Å². The highest BCUT2D eigenvalue weighted by Gasteiger charge is 2.37. The van der Waals surface area contributed by atoms with Gasteiger partial charge >= 0.3 is 11.9 Å². The van der Waals surface area contributed by atoms with Gasteiger partial charge in [-0.3, -0.25) is 0 Å². The smallest absolute Gasteiger partial charge is 0.336 e. The van der Waals surface area contributed by atoms with Gasteiger partial charge in [0.05, 0.1) is 37.9 Å². The van der Waals surface area contributed by atoms with E-state index in [9.17, 15) is 9.59 Å². The van der Waals surface area contributed by atoms with Crippen LogP contribution in [0.5, 0.6) is 5.75 Å². The van der Waals surface area contributed by atoms with E-state index < -0.39 is 17.9 Å². The van der Waals surface area contributed by atoms with Crippen molar-refractivity contribution >= 4 is 11.9 Å². The highest BCUT2D eigenvalue weighted by atomic mass is 16.5. The second-order valence-electron chi connectivity index (χ2n) is 7.10. The number of carbonyl (C=O) groups excluding carboxylic acids is 2. The lowest BCUT2D eigenvalue weighted by molar-refractivity contribution is -0.137. The molecule has 1 N–H and O–H groups in total. The van der Waals surface area contributed by atoms with Crippen molar-refractivity contribution in [2.45, 2.75) is 52.4 Å². The van der Waals surface area contributed by atoms with Gasteiger partial charge in [-0.15, -0.1) is 0 Å². The molecule has 0 saturated heterocycles. The summed E-state index contributed by atoms with van der Waals surface area (Å²) < 4.78 is 15.8. The molecule has 0 radical (unpaired) electrons. The number of hydrogen-bond acceptors (Lipinski definition) is 6. The molecule has 0 spiro atoms. The van der Waals surface area contributed by atoms with E-state index in [2.05, 4.69) is 12.2 Å². The van der Waals surface area contributed by atoms with E-state index in [0.717, 1.165) is 24.2 Å². The van der Waals surface area contributed by atoms with Gasteiger partial charge < -0.3 is 19.5 Å². The molecule has 0 fully saturated rings. The fraction of sp³-hybridized carbons (Fsp3) is 0.478. The van der Waals surface area contributed by atoms with Crippen molar-refractivity contribution in [3.8, 4) is 5.75 Å². The van der Waals surface area contributed by atoms with Crippen molar-refractivity contribution in [1.82, 2.24) is 5.32 Å². The van der Waals surface area contributed by atoms with Crippen LogP contribution in [0.15, 0.2) is 46.8 Å². The van der Waals surface area contributed by atoms with Crippen molar-refractivity contribution in [1.29, 1.82) is 0 Å². The van der Waals surface area contributed by atoms with Crippen molar-refractivity contribution in [2.75, 3.05) is 20.8 Å². The Morgan fingerprint density at radius 1 is 0.897 bits per heavy atom. The number of ether oxygens (including phenoxy) is 3. The molecule has 1 aromatic rings. The lowest BCUT2D eigenvalue weighted by Gasteiger charge is -2.30. The first-order valence-electron chi connectivity index (χ1n) is 10.0. The molecule has 1 heterocycles. The number of hydrogen-bond donors (Lipinski definition) is 1. The van der Waals surface area contributed by atoms with Gasteiger partial charge in [0, 0.05) is 11.4 Å². The van der Waals surface area contributed by atoms with Crippen LogP contribution in [0.2, 0.25) is 0 Å². The van der Waals surface area contributed by atoms with Gasteiger partial charge in [0.15, 0.2) is 0 Å². The zero-order valence-electron chi connectivity index (χ0n) is 18.0. The standard InChI is InChI=1S/C23H31NO5/c1-6-7-8-9-14-29-18-12-10-17(11-13-18)21-19(22(25)27-4)15(2)24-16(3)20(21)23(26)28-5/h10-13,21,24H,6-9,14H2,1-5H3. The third kappa shape index (κ3) is 5.40. The van der Waals surface area contributed by atoms with Gasteiger partial charge in [-0.25, -0.2) is 9.59 Å². The summed E-state index contributed by atoms with van der Waals surface area (Å²) in [4.78, 5) is 25.0. The fourth-order valence-electron chi connectivity index (χ4n) is 3.56. The average molecular weight is 402 g/mol. The van der Waals surface area contributed by atoms with Crippen LogP contribution in [-0.2, 0) is 19.1 Å². The number of benzene rings is 1. The molecule has 6 nitrogen and oxygen atoms in total. The maximum absolute atomic E-state index is 12.5. The zero-order chi connectivity index (χ0) is 21.4. The van der Waals surface area contributed by atoms with E-state index in [1.165, 1.54) is 27.1 Å². The number of dihydropyridines is 1. The molecular weight excluding hydrogens is 370 g/mol. The number of unbranched alkanes of at least 4 members (excludes halogenated alkanes) is 3. The minimum absolute atomic E-state index is 0.395. The monoisotopic (exact) mass is 401 g/mol. The molecule has 0 amide bonds. The van der Waals surface area contributed by atoms with E-state index in [4.69, 9.17) is 14.2 Å². The van der Waals surface area contributed by atoms with Crippen LogP contribution >= 0.6 is 0 Å². The summed E-state index contributed by atoms with van der Waals surface area (Å²) in [7, 11) is 2.66. The van der Waals surface area contributed by atoms with Crippen LogP contribution < -0.4 is 10.1 Å². The van der Waals surface area contributed by atoms with Gasteiger partial charge in [-0.05, 0) is 38.0 Å². The molecule has 29 heavy (non-hydrogen) atoms. The summed E-state index contributed by atoms with van der Waals surface area (Å²) in [6.45, 7) is 6.44. The number of esters is 2. The Morgan fingerprint density at radius 2 is 1.45 bits per heavy atom. The molecule has 0 aromatic heterocycles. The molecular formula is C23H31NO5. The van der Waals surface area contributed by atoms with Crippen LogP contribution in [0.3, 0.4) is 0 Å². The summed E-state index contributed by atoms with van der Waals surface area (Å²) >= 11 is 0. The van der Waals surface area contributed by atoms with Crippen molar-refractivity contribution in [3.63, 3.8) is 0 Å². The first-order valence-corrected chi connectivity index (χ1v) is 10.0. The molecule has 1 aliphatic heterocycles. The molecule has 0 aliphatic carbocycles. The third-order valence-corrected chi connectivity index (χ3v) is 5.05. The van der Waals surface area contributed by atoms with Gasteiger partial charge in [0.2, 0.25) is 0 Å². The maximum Gasteiger partial charge on any atom is 0.336 e. The molecule has 0 unspecified atom stereocenters. The summed E-state index contributed by atoms with van der Waals surface area (Å²) in [5.41, 5.74) is 2.90. The van der Waals surface area contributed by atoms with Crippen LogP contribution in [0.4, 0.5) is 0 Å². The zero-order valence-corrected chi connectivity index (χ0v) is 18.0. The first kappa shape index (κ1) is 22.5. The molecule has 0 atom stereocenters. The summed E-state index contributed by atoms with van der Waals surface area (Å²) in [6, 6.07) is 7.49. The second kappa shape index (κ2) is 10.7. The highest BCUT2D eigenvalue weighted by molar-refractivity contribution is 5.99. The van der Waals surface area contributed by atoms with E-state index in [1.54, 1.807) is 13.8 Å². The Labute approximate surface area is 172 Å². The Balaban J connectivity index is 2.31. The molecule has 2 rings (SSSR count). The van der Waals surface area contributed by atoms with Crippen molar-refractivity contribution in [2.24, 2.45) is 0 Å². The average Bonchev–Trinajstić information content (AvgIpc) is 2.72. The van der Waals surface area contributed by atoms with E-state index in [1.807, 2.05) is 24.3 Å². The van der Waals surface area contributed by atoms with Crippen LogP contribution in [0.25, 0.3) is 0 Å². The topological polar surface area (TPSA) is 73.9 Å². The summed E-state index contributed by atoms with van der Waals surface area (Å²) in [5.74, 6) is -0.773. The molecule has 6 heteroatoms. The molecule has 0 saturated carbocycles. The number of rotatable bonds is 9. The molecule has 158 valence electrons. The molecule has 0 bridgehead atoms. The van der Waals surface area contributed by atoms with Crippen molar-refractivity contribution in [3.05, 3.63) is 52.4 Å². The predicted octanol–water partition coefficient (Wildman–Crippen LogP) is 4.23. The fourth-order valence-corrected chi connectivity index (χ4v) is 3.56. The maximum atomic E-state index is 12.5. The third-order valence-electron chi connectivity index (χ3n) is 5.05. The number of nitrogens with one attached hydrogen (secondary N) is 1. The minimum Gasteiger partial charge on any atom is -0.494 e. The lowest BCUT2D eigenvalue weighted by Crippen LogP contribution is -2.32. The van der Waals surface area contributed by atoms with Gasteiger partial charge in [0.1, 0.15) is 5.75 Å². The number of allylic oxidation sites excluding steroid dienone is 2. The van der Waals surface area contributed by atoms with Gasteiger partial charge in [-0.1, -0.05) is 38.3 Å². The minimum atomic E-state index is -0.574. The van der Waals surface area contributed by atoms with E-state index in [0.29, 0.717) is 29.1 Å². The van der Waals surface area contributed by atoms with E-state index in [-0.39, 0.29) is 0 Å².